The van der Waals surface area contributed by atoms with Gasteiger partial charge in [-0.25, -0.2) is 0 Å². The number of hydrogen-bond donors (Lipinski definition) is 1. The summed E-state index contributed by atoms with van der Waals surface area (Å²) in [4.78, 5) is 14.1. The molecule has 0 bridgehead atoms. The van der Waals surface area contributed by atoms with E-state index < -0.39 is 0 Å². The van der Waals surface area contributed by atoms with E-state index in [4.69, 9.17) is 4.74 Å². The van der Waals surface area contributed by atoms with Crippen LogP contribution in [0.1, 0.15) is 32.6 Å². The maximum atomic E-state index is 11.7. The van der Waals surface area contributed by atoms with Crippen molar-refractivity contribution in [2.24, 2.45) is 5.92 Å². The SMILES string of the molecule is C[C@H]1CCCN(CCNC(=O)[C@@H]2CCCO2)C1. The molecule has 1 amide bonds. The average molecular weight is 240 g/mol. The van der Waals surface area contributed by atoms with Crippen LogP contribution in [0.15, 0.2) is 0 Å². The van der Waals surface area contributed by atoms with Crippen LogP contribution in [0.3, 0.4) is 0 Å². The Labute approximate surface area is 104 Å². The molecule has 0 radical (unpaired) electrons. The number of likely N-dealkylation sites (tertiary alicyclic amines) is 1. The molecule has 2 heterocycles. The first-order chi connectivity index (χ1) is 8.25. The van der Waals surface area contributed by atoms with Crippen molar-refractivity contribution in [3.8, 4) is 0 Å². The summed E-state index contributed by atoms with van der Waals surface area (Å²) in [7, 11) is 0. The fourth-order valence-corrected chi connectivity index (χ4v) is 2.73. The van der Waals surface area contributed by atoms with Crippen LogP contribution < -0.4 is 5.32 Å². The Hall–Kier alpha value is -0.610. The number of ether oxygens (including phenoxy) is 1. The zero-order chi connectivity index (χ0) is 12.1. The van der Waals surface area contributed by atoms with Crippen molar-refractivity contribution < 1.29 is 9.53 Å². The van der Waals surface area contributed by atoms with Crippen LogP contribution >= 0.6 is 0 Å². The van der Waals surface area contributed by atoms with Crippen LogP contribution in [0.5, 0.6) is 0 Å². The standard InChI is InChI=1S/C13H24N2O2/c1-11-4-2-7-15(10-11)8-6-14-13(16)12-5-3-9-17-12/h11-12H,2-10H2,1H3,(H,14,16)/t11-,12-/m0/s1. The predicted octanol–water partition coefficient (Wildman–Crippen LogP) is 1.01. The molecule has 1 N–H and O–H groups in total. The van der Waals surface area contributed by atoms with Gasteiger partial charge >= 0.3 is 0 Å². The van der Waals surface area contributed by atoms with Crippen LogP contribution in [0, 0.1) is 5.92 Å². The monoisotopic (exact) mass is 240 g/mol. The molecule has 0 aromatic rings. The number of carbonyl (C=O) groups excluding carboxylic acids is 1. The van der Waals surface area contributed by atoms with Crippen molar-refractivity contribution in [3.05, 3.63) is 0 Å². The van der Waals surface area contributed by atoms with Gasteiger partial charge in [-0.2, -0.15) is 0 Å². The predicted molar refractivity (Wildman–Crippen MR) is 66.8 cm³/mol. The van der Waals surface area contributed by atoms with Crippen LogP contribution in [0.25, 0.3) is 0 Å². The lowest BCUT2D eigenvalue weighted by Gasteiger charge is -2.30. The molecule has 0 spiro atoms. The van der Waals surface area contributed by atoms with Gasteiger partial charge in [0.25, 0.3) is 0 Å². The second-order valence-corrected chi connectivity index (χ2v) is 5.34. The molecule has 2 saturated heterocycles. The Morgan fingerprint density at radius 3 is 3.00 bits per heavy atom. The largest absolute Gasteiger partial charge is 0.368 e. The zero-order valence-electron chi connectivity index (χ0n) is 10.8. The number of nitrogens with one attached hydrogen (secondary N) is 1. The molecule has 0 aromatic carbocycles. The lowest BCUT2D eigenvalue weighted by molar-refractivity contribution is -0.130. The fraction of sp³-hybridized carbons (Fsp3) is 0.923. The zero-order valence-corrected chi connectivity index (χ0v) is 10.8. The van der Waals surface area contributed by atoms with E-state index in [-0.39, 0.29) is 12.0 Å². The molecule has 2 atom stereocenters. The van der Waals surface area contributed by atoms with Crippen molar-refractivity contribution >= 4 is 5.91 Å². The lowest BCUT2D eigenvalue weighted by Crippen LogP contribution is -2.42. The molecule has 98 valence electrons. The molecule has 0 aliphatic carbocycles. The van der Waals surface area contributed by atoms with Gasteiger partial charge in [-0.3, -0.25) is 4.79 Å². The minimum Gasteiger partial charge on any atom is -0.368 e. The summed E-state index contributed by atoms with van der Waals surface area (Å²) in [6.07, 6.45) is 4.35. The van der Waals surface area contributed by atoms with Crippen LogP contribution in [-0.2, 0) is 9.53 Å². The Balaban J connectivity index is 1.60. The number of carbonyl (C=O) groups is 1. The van der Waals surface area contributed by atoms with Crippen molar-refractivity contribution in [1.29, 1.82) is 0 Å². The van der Waals surface area contributed by atoms with E-state index in [1.807, 2.05) is 0 Å². The van der Waals surface area contributed by atoms with E-state index in [0.29, 0.717) is 0 Å². The van der Waals surface area contributed by atoms with Crippen molar-refractivity contribution in [2.75, 3.05) is 32.8 Å². The topological polar surface area (TPSA) is 41.6 Å². The number of rotatable bonds is 4. The molecule has 17 heavy (non-hydrogen) atoms. The molecule has 2 fully saturated rings. The van der Waals surface area contributed by atoms with Crippen LogP contribution in [-0.4, -0.2) is 49.7 Å². The van der Waals surface area contributed by atoms with E-state index in [9.17, 15) is 4.79 Å². The highest BCUT2D eigenvalue weighted by Gasteiger charge is 2.23. The van der Waals surface area contributed by atoms with Gasteiger partial charge in [-0.05, 0) is 38.1 Å². The van der Waals surface area contributed by atoms with Gasteiger partial charge < -0.3 is 15.0 Å². The Morgan fingerprint density at radius 2 is 2.29 bits per heavy atom. The van der Waals surface area contributed by atoms with E-state index >= 15 is 0 Å². The summed E-state index contributed by atoms with van der Waals surface area (Å²) in [6, 6.07) is 0. The third-order valence-corrected chi connectivity index (χ3v) is 3.69. The highest BCUT2D eigenvalue weighted by atomic mass is 16.5. The van der Waals surface area contributed by atoms with Crippen LogP contribution in [0.4, 0.5) is 0 Å². The summed E-state index contributed by atoms with van der Waals surface area (Å²) in [6.45, 7) is 7.13. The molecule has 0 aromatic heterocycles. The van der Waals surface area contributed by atoms with E-state index in [0.717, 1.165) is 38.5 Å². The van der Waals surface area contributed by atoms with Gasteiger partial charge in [0.2, 0.25) is 5.91 Å². The first kappa shape index (κ1) is 12.8. The highest BCUT2D eigenvalue weighted by Crippen LogP contribution is 2.14. The van der Waals surface area contributed by atoms with Crippen molar-refractivity contribution in [3.63, 3.8) is 0 Å². The highest BCUT2D eigenvalue weighted by molar-refractivity contribution is 5.80. The molecule has 0 saturated carbocycles. The first-order valence-electron chi connectivity index (χ1n) is 6.87. The molecule has 2 aliphatic heterocycles. The second kappa shape index (κ2) is 6.36. The van der Waals surface area contributed by atoms with Crippen molar-refractivity contribution in [2.45, 2.75) is 38.7 Å². The minimum atomic E-state index is -0.185. The van der Waals surface area contributed by atoms with E-state index in [1.54, 1.807) is 0 Å². The average Bonchev–Trinajstić information content (AvgIpc) is 2.82. The van der Waals surface area contributed by atoms with Gasteiger partial charge in [0.15, 0.2) is 0 Å². The number of nitrogens with zero attached hydrogens (tertiary/aromatic N) is 1. The molecule has 0 unspecified atom stereocenters. The maximum absolute atomic E-state index is 11.7. The summed E-state index contributed by atoms with van der Waals surface area (Å²) in [5, 5.41) is 2.98. The Bertz CT molecular complexity index is 252. The van der Waals surface area contributed by atoms with Gasteiger partial charge in [0.1, 0.15) is 6.10 Å². The summed E-state index contributed by atoms with van der Waals surface area (Å²) in [5.74, 6) is 0.880. The molecular weight excluding hydrogens is 216 g/mol. The summed E-state index contributed by atoms with van der Waals surface area (Å²) < 4.78 is 5.35. The number of piperidine rings is 1. The number of amides is 1. The normalized spacial score (nSPS) is 30.4. The summed E-state index contributed by atoms with van der Waals surface area (Å²) in [5.41, 5.74) is 0. The van der Waals surface area contributed by atoms with Crippen molar-refractivity contribution in [1.82, 2.24) is 10.2 Å². The summed E-state index contributed by atoms with van der Waals surface area (Å²) >= 11 is 0. The second-order valence-electron chi connectivity index (χ2n) is 5.34. The van der Waals surface area contributed by atoms with Gasteiger partial charge in [0, 0.05) is 26.2 Å². The third-order valence-electron chi connectivity index (χ3n) is 3.69. The molecule has 4 heteroatoms. The van der Waals surface area contributed by atoms with Crippen LogP contribution in [0.2, 0.25) is 0 Å². The molecule has 2 rings (SSSR count). The fourth-order valence-electron chi connectivity index (χ4n) is 2.73. The van der Waals surface area contributed by atoms with E-state index in [2.05, 4.69) is 17.1 Å². The maximum Gasteiger partial charge on any atom is 0.249 e. The quantitative estimate of drug-likeness (QED) is 0.797. The van der Waals surface area contributed by atoms with Gasteiger partial charge in [-0.1, -0.05) is 6.92 Å². The van der Waals surface area contributed by atoms with E-state index in [1.165, 1.54) is 25.9 Å². The smallest absolute Gasteiger partial charge is 0.249 e. The minimum absolute atomic E-state index is 0.0764. The lowest BCUT2D eigenvalue weighted by atomic mass is 10.0. The molecular formula is C13H24N2O2. The molecule has 4 nitrogen and oxygen atoms in total. The number of hydrogen-bond acceptors (Lipinski definition) is 3. The van der Waals surface area contributed by atoms with Gasteiger partial charge in [0.05, 0.1) is 0 Å². The molecule has 2 aliphatic rings. The Morgan fingerprint density at radius 1 is 1.41 bits per heavy atom. The van der Waals surface area contributed by atoms with Gasteiger partial charge in [-0.15, -0.1) is 0 Å². The first-order valence-corrected chi connectivity index (χ1v) is 6.87. The Kier molecular flexibility index (Phi) is 4.80. The third kappa shape index (κ3) is 3.96.